The molecule has 0 saturated carbocycles. The number of amides is 2. The molecule has 0 aromatic heterocycles. The predicted octanol–water partition coefficient (Wildman–Crippen LogP) is -1.35. The molecule has 1 rings (SSSR count). The second kappa shape index (κ2) is 6.69. The highest BCUT2D eigenvalue weighted by atomic mass is 32.2. The molecule has 1 heterocycles. The van der Waals surface area contributed by atoms with Crippen LogP contribution in [0.5, 0.6) is 0 Å². The van der Waals surface area contributed by atoms with Gasteiger partial charge in [-0.3, -0.25) is 9.59 Å². The van der Waals surface area contributed by atoms with Gasteiger partial charge in [0.15, 0.2) is 9.84 Å². The van der Waals surface area contributed by atoms with Crippen molar-refractivity contribution in [3.8, 4) is 0 Å². The Morgan fingerprint density at radius 1 is 1.35 bits per heavy atom. The number of carbonyl (C=O) groups is 3. The number of rotatable bonds is 7. The predicted molar refractivity (Wildman–Crippen MR) is 69.4 cm³/mol. The highest BCUT2D eigenvalue weighted by Gasteiger charge is 2.30. The Bertz CT molecular complexity index is 501. The molecule has 0 spiro atoms. The Kier molecular flexibility index (Phi) is 5.49. The first-order valence-corrected chi connectivity index (χ1v) is 8.02. The number of aliphatic carboxylic acids is 1. The van der Waals surface area contributed by atoms with Gasteiger partial charge >= 0.3 is 5.97 Å². The number of nitrogens with one attached hydrogen (secondary N) is 1. The van der Waals surface area contributed by atoms with E-state index in [0.717, 1.165) is 0 Å². The van der Waals surface area contributed by atoms with Crippen molar-refractivity contribution in [2.45, 2.75) is 31.7 Å². The van der Waals surface area contributed by atoms with E-state index in [1.54, 1.807) is 0 Å². The van der Waals surface area contributed by atoms with Crippen molar-refractivity contribution in [3.63, 3.8) is 0 Å². The largest absolute Gasteiger partial charge is 0.480 e. The van der Waals surface area contributed by atoms with Crippen molar-refractivity contribution in [1.29, 1.82) is 0 Å². The quantitative estimate of drug-likeness (QED) is 0.530. The summed E-state index contributed by atoms with van der Waals surface area (Å²) in [7, 11) is -3.06. The number of sulfone groups is 1. The number of hydrogen-bond acceptors (Lipinski definition) is 5. The summed E-state index contributed by atoms with van der Waals surface area (Å²) < 4.78 is 22.5. The second-order valence-corrected chi connectivity index (χ2v) is 7.17. The number of hydrogen-bond donors (Lipinski definition) is 3. The van der Waals surface area contributed by atoms with Crippen LogP contribution in [-0.4, -0.2) is 48.9 Å². The zero-order chi connectivity index (χ0) is 15.3. The van der Waals surface area contributed by atoms with Crippen LogP contribution < -0.4 is 11.1 Å². The van der Waals surface area contributed by atoms with Crippen LogP contribution in [0.15, 0.2) is 0 Å². The van der Waals surface area contributed by atoms with E-state index < -0.39 is 33.7 Å². The average Bonchev–Trinajstić information content (AvgIpc) is 2.63. The lowest BCUT2D eigenvalue weighted by Gasteiger charge is -2.15. The first kappa shape index (κ1) is 16.4. The number of carboxylic acids is 1. The molecule has 9 heteroatoms. The van der Waals surface area contributed by atoms with Gasteiger partial charge in [0.2, 0.25) is 11.8 Å². The number of nitrogens with two attached hydrogens (primary N) is 1. The summed E-state index contributed by atoms with van der Waals surface area (Å²) in [5.41, 5.74) is 4.92. The van der Waals surface area contributed by atoms with Crippen LogP contribution in [0.25, 0.3) is 0 Å². The van der Waals surface area contributed by atoms with Crippen LogP contribution in [0.2, 0.25) is 0 Å². The molecule has 0 aromatic rings. The molecule has 4 N–H and O–H groups in total. The van der Waals surface area contributed by atoms with Gasteiger partial charge in [-0.1, -0.05) is 0 Å². The normalized spacial score (nSPS) is 22.1. The molecule has 1 fully saturated rings. The van der Waals surface area contributed by atoms with Crippen molar-refractivity contribution in [1.82, 2.24) is 5.32 Å². The Hall–Kier alpha value is -1.64. The Balaban J connectivity index is 2.46. The summed E-state index contributed by atoms with van der Waals surface area (Å²) in [5, 5.41) is 11.2. The van der Waals surface area contributed by atoms with E-state index in [1.165, 1.54) is 0 Å². The van der Waals surface area contributed by atoms with Crippen molar-refractivity contribution < 1.29 is 27.9 Å². The summed E-state index contributed by atoms with van der Waals surface area (Å²) in [6, 6.07) is -1.19. The Labute approximate surface area is 116 Å². The molecule has 0 aliphatic carbocycles. The fourth-order valence-corrected chi connectivity index (χ4v) is 3.95. The number of carboxylic acid groups (broad SMARTS) is 1. The molecule has 8 nitrogen and oxygen atoms in total. The summed E-state index contributed by atoms with van der Waals surface area (Å²) in [6.07, 6.45) is 0.156. The molecule has 1 saturated heterocycles. The van der Waals surface area contributed by atoms with E-state index in [4.69, 9.17) is 10.8 Å². The molecule has 114 valence electrons. The van der Waals surface area contributed by atoms with E-state index in [9.17, 15) is 22.8 Å². The maximum Gasteiger partial charge on any atom is 0.326 e. The topological polar surface area (TPSA) is 144 Å². The van der Waals surface area contributed by atoms with Crippen LogP contribution in [0.1, 0.15) is 25.7 Å². The fraction of sp³-hybridized carbons (Fsp3) is 0.727. The van der Waals surface area contributed by atoms with Crippen LogP contribution in [0, 0.1) is 5.92 Å². The van der Waals surface area contributed by atoms with E-state index in [1.807, 2.05) is 0 Å². The smallest absolute Gasteiger partial charge is 0.326 e. The van der Waals surface area contributed by atoms with Gasteiger partial charge in [0.1, 0.15) is 6.04 Å². The Morgan fingerprint density at radius 3 is 2.45 bits per heavy atom. The summed E-state index contributed by atoms with van der Waals surface area (Å²) in [6.45, 7) is 0. The van der Waals surface area contributed by atoms with Crippen LogP contribution in [0.4, 0.5) is 0 Å². The third-order valence-electron chi connectivity index (χ3n) is 3.11. The zero-order valence-corrected chi connectivity index (χ0v) is 11.7. The second-order valence-electron chi connectivity index (χ2n) is 4.94. The van der Waals surface area contributed by atoms with Gasteiger partial charge < -0.3 is 16.2 Å². The van der Waals surface area contributed by atoms with E-state index in [-0.39, 0.29) is 36.7 Å². The minimum Gasteiger partial charge on any atom is -0.480 e. The molecular formula is C11H18N2O6S. The van der Waals surface area contributed by atoms with Gasteiger partial charge in [0, 0.05) is 12.8 Å². The lowest BCUT2D eigenvalue weighted by Crippen LogP contribution is -2.42. The van der Waals surface area contributed by atoms with Gasteiger partial charge in [-0.25, -0.2) is 13.2 Å². The van der Waals surface area contributed by atoms with Crippen molar-refractivity contribution in [3.05, 3.63) is 0 Å². The third kappa shape index (κ3) is 5.55. The molecular weight excluding hydrogens is 288 g/mol. The van der Waals surface area contributed by atoms with Crippen molar-refractivity contribution in [2.24, 2.45) is 11.7 Å². The molecule has 0 bridgehead atoms. The first-order valence-electron chi connectivity index (χ1n) is 6.20. The minimum atomic E-state index is -3.06. The lowest BCUT2D eigenvalue weighted by molar-refractivity contribution is -0.142. The molecule has 1 aliphatic rings. The monoisotopic (exact) mass is 306 g/mol. The Morgan fingerprint density at radius 2 is 2.00 bits per heavy atom. The van der Waals surface area contributed by atoms with Gasteiger partial charge in [-0.2, -0.15) is 0 Å². The summed E-state index contributed by atoms with van der Waals surface area (Å²) >= 11 is 0. The molecule has 20 heavy (non-hydrogen) atoms. The van der Waals surface area contributed by atoms with Crippen LogP contribution in [-0.2, 0) is 24.2 Å². The van der Waals surface area contributed by atoms with Gasteiger partial charge in [0.25, 0.3) is 0 Å². The van der Waals surface area contributed by atoms with E-state index in [2.05, 4.69) is 5.32 Å². The summed E-state index contributed by atoms with van der Waals surface area (Å²) in [4.78, 5) is 33.2. The fourth-order valence-electron chi connectivity index (χ4n) is 2.09. The van der Waals surface area contributed by atoms with Gasteiger partial charge in [0.05, 0.1) is 11.5 Å². The van der Waals surface area contributed by atoms with Gasteiger partial charge in [-0.05, 0) is 18.8 Å². The molecule has 0 radical (unpaired) electrons. The highest BCUT2D eigenvalue weighted by molar-refractivity contribution is 7.91. The van der Waals surface area contributed by atoms with Crippen molar-refractivity contribution >= 4 is 27.6 Å². The number of primary amides is 1. The lowest BCUT2D eigenvalue weighted by atomic mass is 10.0. The highest BCUT2D eigenvalue weighted by Crippen LogP contribution is 2.21. The maximum atomic E-state index is 11.7. The van der Waals surface area contributed by atoms with Crippen molar-refractivity contribution in [2.75, 3.05) is 11.5 Å². The molecule has 0 aromatic carbocycles. The molecule has 1 aliphatic heterocycles. The maximum absolute atomic E-state index is 11.7. The molecule has 2 amide bonds. The van der Waals surface area contributed by atoms with Crippen LogP contribution >= 0.6 is 0 Å². The SMILES string of the molecule is NC(=O)CC[C@@H](NC(=O)CC1CCS(=O)(=O)C1)C(=O)O. The number of carbonyl (C=O) groups excluding carboxylic acids is 2. The average molecular weight is 306 g/mol. The van der Waals surface area contributed by atoms with Gasteiger partial charge in [-0.15, -0.1) is 0 Å². The first-order chi connectivity index (χ1) is 9.19. The zero-order valence-electron chi connectivity index (χ0n) is 10.9. The van der Waals surface area contributed by atoms with Crippen LogP contribution in [0.3, 0.4) is 0 Å². The standard InChI is InChI=1S/C11H18N2O6S/c12-9(14)2-1-8(11(16)17)13-10(15)5-7-3-4-20(18,19)6-7/h7-8H,1-6H2,(H2,12,14)(H,13,15)(H,16,17)/t7?,8-/m1/s1. The summed E-state index contributed by atoms with van der Waals surface area (Å²) in [5.74, 6) is -2.67. The molecule has 1 unspecified atom stereocenters. The van der Waals surface area contributed by atoms with E-state index in [0.29, 0.717) is 6.42 Å². The van der Waals surface area contributed by atoms with E-state index >= 15 is 0 Å². The molecule has 2 atom stereocenters. The minimum absolute atomic E-state index is 0.0282. The third-order valence-corrected chi connectivity index (χ3v) is 4.95.